The highest BCUT2D eigenvalue weighted by Gasteiger charge is 2.44. The van der Waals surface area contributed by atoms with Gasteiger partial charge in [0.15, 0.2) is 11.6 Å². The molecule has 1 N–H and O–H groups in total. The van der Waals surface area contributed by atoms with Crippen LogP contribution in [-0.2, 0) is 21.0 Å². The fraction of sp³-hybridized carbons (Fsp3) is 0.321. The van der Waals surface area contributed by atoms with Crippen LogP contribution in [0.25, 0.3) is 0 Å². The van der Waals surface area contributed by atoms with Crippen LogP contribution >= 0.6 is 31.9 Å². The zero-order valence-electron chi connectivity index (χ0n) is 19.9. The highest BCUT2D eigenvalue weighted by molar-refractivity contribution is 9.11. The Kier molecular flexibility index (Phi) is 7.36. The van der Waals surface area contributed by atoms with Crippen molar-refractivity contribution in [3.8, 4) is 5.75 Å². The molecule has 0 unspecified atom stereocenters. The van der Waals surface area contributed by atoms with Crippen LogP contribution in [0.1, 0.15) is 55.6 Å². The summed E-state index contributed by atoms with van der Waals surface area (Å²) in [6.45, 7) is -0.346. The van der Waals surface area contributed by atoms with Gasteiger partial charge < -0.3 is 14.7 Å². The van der Waals surface area contributed by atoms with Crippen molar-refractivity contribution in [3.05, 3.63) is 84.8 Å². The molecule has 9 heteroatoms. The molecule has 0 amide bonds. The van der Waals surface area contributed by atoms with Gasteiger partial charge in [-0.25, -0.2) is 4.39 Å². The van der Waals surface area contributed by atoms with E-state index in [4.69, 9.17) is 4.74 Å². The first kappa shape index (κ1) is 25.9. The standard InChI is InChI=1S/C28H24Br2FNO5/c29-16-11-17(28(18(30)12-16)37-14-15-5-1-2-6-19(15)31)25-26-20(7-3-9-22(26)33)32(13-24(35)36)21-8-4-10-23(34)27(21)25/h1-2,5-6,11-12,25H,3-4,7-10,13-14H2,(H,35,36). The van der Waals surface area contributed by atoms with Gasteiger partial charge in [-0.2, -0.15) is 0 Å². The minimum atomic E-state index is -1.02. The number of Topliss-reactive ketones (excluding diaryl/α,β-unsaturated/α-hetero) is 2. The number of carboxylic acid groups (broad SMARTS) is 1. The van der Waals surface area contributed by atoms with Gasteiger partial charge in [0.25, 0.3) is 0 Å². The van der Waals surface area contributed by atoms with Crippen molar-refractivity contribution in [2.75, 3.05) is 6.54 Å². The van der Waals surface area contributed by atoms with Gasteiger partial charge in [-0.3, -0.25) is 14.4 Å². The smallest absolute Gasteiger partial charge is 0.323 e. The van der Waals surface area contributed by atoms with Gasteiger partial charge in [-0.15, -0.1) is 0 Å². The summed E-state index contributed by atoms with van der Waals surface area (Å²) in [5, 5.41) is 9.66. The number of carbonyl (C=O) groups excluding carboxylic acids is 2. The largest absolute Gasteiger partial charge is 0.487 e. The average molecular weight is 633 g/mol. The number of halogens is 3. The van der Waals surface area contributed by atoms with Gasteiger partial charge in [0, 0.05) is 56.9 Å². The van der Waals surface area contributed by atoms with Crippen LogP contribution in [0.3, 0.4) is 0 Å². The molecule has 0 aromatic heterocycles. The zero-order chi connectivity index (χ0) is 26.3. The van der Waals surface area contributed by atoms with Crippen LogP contribution in [0, 0.1) is 5.82 Å². The van der Waals surface area contributed by atoms with E-state index >= 15 is 0 Å². The van der Waals surface area contributed by atoms with Crippen molar-refractivity contribution in [2.24, 2.45) is 0 Å². The van der Waals surface area contributed by atoms with Gasteiger partial charge in [0.05, 0.1) is 4.47 Å². The summed E-state index contributed by atoms with van der Waals surface area (Å²) in [6, 6.07) is 9.98. The number of ether oxygens (including phenoxy) is 1. The van der Waals surface area contributed by atoms with Crippen LogP contribution in [-0.4, -0.2) is 34.1 Å². The van der Waals surface area contributed by atoms with Crippen molar-refractivity contribution in [2.45, 2.75) is 51.0 Å². The van der Waals surface area contributed by atoms with Crippen molar-refractivity contribution in [1.82, 2.24) is 4.90 Å². The van der Waals surface area contributed by atoms with Crippen LogP contribution in [0.5, 0.6) is 5.75 Å². The Balaban J connectivity index is 1.70. The molecule has 0 bridgehead atoms. The second-order valence-electron chi connectivity index (χ2n) is 9.37. The Hall–Kier alpha value is -2.78. The summed E-state index contributed by atoms with van der Waals surface area (Å²) in [5.74, 6) is -1.88. The fourth-order valence-electron chi connectivity index (χ4n) is 5.57. The summed E-state index contributed by atoms with van der Waals surface area (Å²) >= 11 is 7.11. The highest BCUT2D eigenvalue weighted by Crippen LogP contribution is 2.52. The molecule has 5 rings (SSSR count). The van der Waals surface area contributed by atoms with Gasteiger partial charge in [-0.1, -0.05) is 34.1 Å². The third-order valence-electron chi connectivity index (χ3n) is 7.06. The second-order valence-corrected chi connectivity index (χ2v) is 11.1. The quantitative estimate of drug-likeness (QED) is 0.395. The molecule has 0 radical (unpaired) electrons. The number of hydrogen-bond donors (Lipinski definition) is 1. The Morgan fingerprint density at radius 3 is 2.22 bits per heavy atom. The lowest BCUT2D eigenvalue weighted by Crippen LogP contribution is -2.41. The number of carboxylic acids is 1. The highest BCUT2D eigenvalue weighted by atomic mass is 79.9. The van der Waals surface area contributed by atoms with Gasteiger partial charge >= 0.3 is 5.97 Å². The van der Waals surface area contributed by atoms with E-state index in [2.05, 4.69) is 31.9 Å². The van der Waals surface area contributed by atoms with Crippen LogP contribution < -0.4 is 4.74 Å². The lowest BCUT2D eigenvalue weighted by molar-refractivity contribution is -0.138. The molecule has 2 aromatic carbocycles. The van der Waals surface area contributed by atoms with E-state index in [-0.39, 0.29) is 30.5 Å². The number of ketones is 2. The minimum absolute atomic E-state index is 0.0442. The number of aliphatic carboxylic acids is 1. The first-order valence-corrected chi connectivity index (χ1v) is 13.7. The summed E-state index contributed by atoms with van der Waals surface area (Å²) in [4.78, 5) is 40.4. The predicted molar refractivity (Wildman–Crippen MR) is 141 cm³/mol. The second kappa shape index (κ2) is 10.5. The molecule has 6 nitrogen and oxygen atoms in total. The Labute approximate surface area is 230 Å². The topological polar surface area (TPSA) is 83.9 Å². The predicted octanol–water partition coefficient (Wildman–Crippen LogP) is 6.43. The summed E-state index contributed by atoms with van der Waals surface area (Å²) in [5.41, 5.74) is 3.26. The first-order chi connectivity index (χ1) is 17.8. The molecule has 2 aliphatic carbocycles. The average Bonchev–Trinajstić information content (AvgIpc) is 2.84. The Morgan fingerprint density at radius 1 is 1.00 bits per heavy atom. The lowest BCUT2D eigenvalue weighted by Gasteiger charge is -2.43. The molecular formula is C28H24Br2FNO5. The number of allylic oxidation sites excluding steroid dienone is 4. The maximum Gasteiger partial charge on any atom is 0.323 e. The van der Waals surface area contributed by atoms with Crippen molar-refractivity contribution in [1.29, 1.82) is 0 Å². The number of carbonyl (C=O) groups is 3. The number of rotatable bonds is 6. The van der Waals surface area contributed by atoms with Crippen molar-refractivity contribution in [3.63, 3.8) is 0 Å². The Morgan fingerprint density at radius 2 is 1.62 bits per heavy atom. The van der Waals surface area contributed by atoms with Crippen molar-refractivity contribution >= 4 is 49.4 Å². The third kappa shape index (κ3) is 4.91. The minimum Gasteiger partial charge on any atom is -0.487 e. The van der Waals surface area contributed by atoms with Gasteiger partial charge in [0.1, 0.15) is 24.7 Å². The number of benzene rings is 2. The molecule has 37 heavy (non-hydrogen) atoms. The molecule has 1 heterocycles. The van der Waals surface area contributed by atoms with E-state index in [0.29, 0.717) is 82.4 Å². The van der Waals surface area contributed by atoms with E-state index < -0.39 is 11.9 Å². The molecule has 0 saturated heterocycles. The summed E-state index contributed by atoms with van der Waals surface area (Å²) < 4.78 is 21.8. The normalized spacial score (nSPS) is 18.2. The molecule has 0 spiro atoms. The lowest BCUT2D eigenvalue weighted by atomic mass is 9.70. The van der Waals surface area contributed by atoms with Crippen LogP contribution in [0.2, 0.25) is 0 Å². The molecule has 0 fully saturated rings. The van der Waals surface area contributed by atoms with Crippen molar-refractivity contribution < 1.29 is 28.6 Å². The van der Waals surface area contributed by atoms with Crippen LogP contribution in [0.4, 0.5) is 4.39 Å². The van der Waals surface area contributed by atoms with E-state index in [9.17, 15) is 23.9 Å². The van der Waals surface area contributed by atoms with E-state index in [1.165, 1.54) is 6.07 Å². The maximum absolute atomic E-state index is 14.3. The maximum atomic E-state index is 14.3. The molecule has 2 aromatic rings. The number of nitrogens with zero attached hydrogens (tertiary/aromatic N) is 1. The molecule has 1 aliphatic heterocycles. The van der Waals surface area contributed by atoms with Gasteiger partial charge in [-0.05, 0) is 59.8 Å². The molecule has 192 valence electrons. The Bertz CT molecular complexity index is 1340. The van der Waals surface area contributed by atoms with Gasteiger partial charge in [0.2, 0.25) is 0 Å². The summed E-state index contributed by atoms with van der Waals surface area (Å²) in [7, 11) is 0. The first-order valence-electron chi connectivity index (χ1n) is 12.1. The van der Waals surface area contributed by atoms with E-state index in [0.717, 1.165) is 4.47 Å². The third-order valence-corrected chi connectivity index (χ3v) is 8.10. The molecule has 0 atom stereocenters. The fourth-order valence-corrected chi connectivity index (χ4v) is 6.94. The van der Waals surface area contributed by atoms with E-state index in [1.807, 2.05) is 6.07 Å². The SMILES string of the molecule is O=C(O)CN1C2=C(C(=O)CCC2)C(c2cc(Br)cc(Br)c2OCc2ccccc2F)C2=C1CCCC2=O. The monoisotopic (exact) mass is 631 g/mol. The number of hydrogen-bond acceptors (Lipinski definition) is 5. The molecular weight excluding hydrogens is 609 g/mol. The zero-order valence-corrected chi connectivity index (χ0v) is 23.0. The molecule has 3 aliphatic rings. The van der Waals surface area contributed by atoms with Crippen LogP contribution in [0.15, 0.2) is 67.9 Å². The molecule has 0 saturated carbocycles. The summed E-state index contributed by atoms with van der Waals surface area (Å²) in [6.07, 6.45) is 3.00. The van der Waals surface area contributed by atoms with E-state index in [1.54, 1.807) is 29.2 Å².